The van der Waals surface area contributed by atoms with E-state index in [9.17, 15) is 9.59 Å². The summed E-state index contributed by atoms with van der Waals surface area (Å²) in [4.78, 5) is 31.1. The fraction of sp³-hybridized carbons (Fsp3) is 0.250. The lowest BCUT2D eigenvalue weighted by Gasteiger charge is -2.02. The van der Waals surface area contributed by atoms with Crippen LogP contribution in [0.3, 0.4) is 0 Å². The predicted octanol–water partition coefficient (Wildman–Crippen LogP) is 4.31. The molecule has 0 fully saturated rings. The molecule has 1 aromatic carbocycles. The fourth-order valence-electron chi connectivity index (χ4n) is 2.55. The van der Waals surface area contributed by atoms with Gasteiger partial charge in [0.2, 0.25) is 11.8 Å². The second kappa shape index (κ2) is 8.45. The first-order valence-electron chi connectivity index (χ1n) is 8.57. The summed E-state index contributed by atoms with van der Waals surface area (Å²) in [5, 5.41) is 6.30. The lowest BCUT2D eigenvalue weighted by atomic mass is 10.1. The van der Waals surface area contributed by atoms with Crippen molar-refractivity contribution in [2.45, 2.75) is 33.7 Å². The number of benzene rings is 1. The van der Waals surface area contributed by atoms with Gasteiger partial charge in [0, 0.05) is 16.7 Å². The zero-order valence-electron chi connectivity index (χ0n) is 15.5. The van der Waals surface area contributed by atoms with E-state index < -0.39 is 0 Å². The van der Waals surface area contributed by atoms with E-state index in [-0.39, 0.29) is 11.8 Å². The van der Waals surface area contributed by atoms with E-state index >= 15 is 0 Å². The Balaban J connectivity index is 1.66. The molecule has 2 aromatic heterocycles. The number of nitrogens with zero attached hydrogens (tertiary/aromatic N) is 1. The number of hydrogen-bond acceptors (Lipinski definition) is 5. The molecule has 27 heavy (non-hydrogen) atoms. The maximum Gasteiger partial charge on any atom is 0.230 e. The number of nitrogens with one attached hydrogen (secondary N) is 2. The molecule has 3 rings (SSSR count). The molecule has 0 atom stereocenters. The Morgan fingerprint density at radius 2 is 1.78 bits per heavy atom. The minimum Gasteiger partial charge on any atom is -0.351 e. The Bertz CT molecular complexity index is 958. The number of thiophene rings is 1. The average Bonchev–Trinajstić information content (AvgIpc) is 3.21. The summed E-state index contributed by atoms with van der Waals surface area (Å²) in [5.41, 5.74) is 3.03. The van der Waals surface area contributed by atoms with Crippen LogP contribution in [0.2, 0.25) is 0 Å². The third-order valence-electron chi connectivity index (χ3n) is 3.93. The van der Waals surface area contributed by atoms with Gasteiger partial charge in [0.1, 0.15) is 0 Å². The molecule has 0 aliphatic rings. The van der Waals surface area contributed by atoms with Crippen LogP contribution in [0.1, 0.15) is 27.8 Å². The molecular weight excluding hydrogens is 378 g/mol. The summed E-state index contributed by atoms with van der Waals surface area (Å²) >= 11 is 3.07. The van der Waals surface area contributed by atoms with Crippen molar-refractivity contribution in [3.8, 4) is 10.6 Å². The number of amides is 2. The molecular formula is C20H21N3O2S2. The molecule has 0 spiro atoms. The first-order valence-corrected chi connectivity index (χ1v) is 10.2. The quantitative estimate of drug-likeness (QED) is 0.649. The highest BCUT2D eigenvalue weighted by molar-refractivity contribution is 7.18. The van der Waals surface area contributed by atoms with Gasteiger partial charge in [0.25, 0.3) is 0 Å². The van der Waals surface area contributed by atoms with Crippen LogP contribution in [0, 0.1) is 13.8 Å². The predicted molar refractivity (Wildman–Crippen MR) is 111 cm³/mol. The molecule has 0 bridgehead atoms. The maximum atomic E-state index is 12.3. The van der Waals surface area contributed by atoms with Crippen LogP contribution in [0.5, 0.6) is 0 Å². The molecule has 7 heteroatoms. The Morgan fingerprint density at radius 3 is 2.48 bits per heavy atom. The standard InChI is InChI=1S/C20H21N3O2S2/c1-12-4-6-15(7-5-12)10-18(25)22-20-23-19(13(2)26-20)17-9-8-16(27-17)11-21-14(3)24/h4-9H,10-11H2,1-3H3,(H,21,24)(H,22,23,25). The van der Waals surface area contributed by atoms with Crippen LogP contribution < -0.4 is 10.6 Å². The van der Waals surface area contributed by atoms with Crippen molar-refractivity contribution in [3.63, 3.8) is 0 Å². The number of rotatable bonds is 6. The highest BCUT2D eigenvalue weighted by Crippen LogP contribution is 2.34. The number of carbonyl (C=O) groups is 2. The second-order valence-corrected chi connectivity index (χ2v) is 8.68. The number of aromatic nitrogens is 1. The third kappa shape index (κ3) is 5.24. The fourth-order valence-corrected chi connectivity index (χ4v) is 4.45. The summed E-state index contributed by atoms with van der Waals surface area (Å²) in [7, 11) is 0. The molecule has 2 heterocycles. The normalized spacial score (nSPS) is 10.6. The SMILES string of the molecule is CC(=O)NCc1ccc(-c2nc(NC(=O)Cc3ccc(C)cc3)sc2C)s1. The molecule has 0 aliphatic carbocycles. The number of anilines is 1. The van der Waals surface area contributed by atoms with E-state index in [0.29, 0.717) is 18.1 Å². The smallest absolute Gasteiger partial charge is 0.230 e. The Morgan fingerprint density at radius 1 is 1.04 bits per heavy atom. The van der Waals surface area contributed by atoms with E-state index in [1.807, 2.05) is 50.2 Å². The van der Waals surface area contributed by atoms with Gasteiger partial charge in [-0.2, -0.15) is 0 Å². The van der Waals surface area contributed by atoms with Crippen LogP contribution in [0.4, 0.5) is 5.13 Å². The molecule has 0 saturated carbocycles. The molecule has 5 nitrogen and oxygen atoms in total. The highest BCUT2D eigenvalue weighted by Gasteiger charge is 2.14. The van der Waals surface area contributed by atoms with Gasteiger partial charge in [-0.15, -0.1) is 22.7 Å². The van der Waals surface area contributed by atoms with E-state index in [4.69, 9.17) is 0 Å². The van der Waals surface area contributed by atoms with E-state index in [2.05, 4.69) is 15.6 Å². The van der Waals surface area contributed by atoms with Crippen molar-refractivity contribution in [1.82, 2.24) is 10.3 Å². The molecule has 0 aliphatic heterocycles. The van der Waals surface area contributed by atoms with E-state index in [0.717, 1.165) is 25.9 Å². The van der Waals surface area contributed by atoms with Crippen molar-refractivity contribution in [2.24, 2.45) is 0 Å². The van der Waals surface area contributed by atoms with Gasteiger partial charge in [0.05, 0.1) is 23.5 Å². The Hall–Kier alpha value is -2.51. The largest absolute Gasteiger partial charge is 0.351 e. The van der Waals surface area contributed by atoms with Gasteiger partial charge in [-0.1, -0.05) is 29.8 Å². The van der Waals surface area contributed by atoms with Crippen LogP contribution in [-0.2, 0) is 22.6 Å². The topological polar surface area (TPSA) is 71.1 Å². The molecule has 3 aromatic rings. The van der Waals surface area contributed by atoms with Crippen LogP contribution in [0.25, 0.3) is 10.6 Å². The first kappa shape index (κ1) is 19.3. The Labute approximate surface area is 166 Å². The van der Waals surface area contributed by atoms with Crippen molar-refractivity contribution in [1.29, 1.82) is 0 Å². The van der Waals surface area contributed by atoms with Crippen LogP contribution >= 0.6 is 22.7 Å². The van der Waals surface area contributed by atoms with Crippen LogP contribution in [-0.4, -0.2) is 16.8 Å². The second-order valence-electron chi connectivity index (χ2n) is 6.31. The maximum absolute atomic E-state index is 12.3. The Kier molecular flexibility index (Phi) is 6.03. The number of aryl methyl sites for hydroxylation is 2. The van der Waals surface area contributed by atoms with Crippen molar-refractivity contribution < 1.29 is 9.59 Å². The molecule has 0 radical (unpaired) electrons. The lowest BCUT2D eigenvalue weighted by Crippen LogP contribution is -2.17. The van der Waals surface area contributed by atoms with Gasteiger partial charge in [-0.25, -0.2) is 4.98 Å². The minimum absolute atomic E-state index is 0.0478. The van der Waals surface area contributed by atoms with Crippen LogP contribution in [0.15, 0.2) is 36.4 Å². The minimum atomic E-state index is -0.0725. The molecule has 2 amide bonds. The molecule has 140 valence electrons. The van der Waals surface area contributed by atoms with Crippen molar-refractivity contribution >= 4 is 39.6 Å². The highest BCUT2D eigenvalue weighted by atomic mass is 32.1. The van der Waals surface area contributed by atoms with Gasteiger partial charge in [-0.05, 0) is 31.5 Å². The summed E-state index contributed by atoms with van der Waals surface area (Å²) in [6.07, 6.45) is 0.327. The van der Waals surface area contributed by atoms with Gasteiger partial charge < -0.3 is 10.6 Å². The number of thiazole rings is 1. The first-order chi connectivity index (χ1) is 12.9. The van der Waals surface area contributed by atoms with Gasteiger partial charge in [-0.3, -0.25) is 9.59 Å². The lowest BCUT2D eigenvalue weighted by molar-refractivity contribution is -0.119. The van der Waals surface area contributed by atoms with Crippen molar-refractivity contribution in [2.75, 3.05) is 5.32 Å². The summed E-state index contributed by atoms with van der Waals surface area (Å²) in [6.45, 7) is 6.04. The van der Waals surface area contributed by atoms with Gasteiger partial charge >= 0.3 is 0 Å². The van der Waals surface area contributed by atoms with E-state index in [1.165, 1.54) is 23.8 Å². The number of hydrogen-bond donors (Lipinski definition) is 2. The molecule has 0 unspecified atom stereocenters. The summed E-state index contributed by atoms with van der Waals surface area (Å²) in [6, 6.07) is 11.9. The molecule has 2 N–H and O–H groups in total. The number of carbonyl (C=O) groups excluding carboxylic acids is 2. The van der Waals surface area contributed by atoms with Crippen molar-refractivity contribution in [3.05, 3.63) is 57.3 Å². The zero-order chi connectivity index (χ0) is 19.4. The monoisotopic (exact) mass is 399 g/mol. The average molecular weight is 400 g/mol. The summed E-state index contributed by atoms with van der Waals surface area (Å²) in [5.74, 6) is -0.120. The molecule has 0 saturated heterocycles. The third-order valence-corrected chi connectivity index (χ3v) is 5.91. The van der Waals surface area contributed by atoms with E-state index in [1.54, 1.807) is 11.3 Å². The van der Waals surface area contributed by atoms with Gasteiger partial charge in [0.15, 0.2) is 5.13 Å². The zero-order valence-corrected chi connectivity index (χ0v) is 17.1. The summed E-state index contributed by atoms with van der Waals surface area (Å²) < 4.78 is 0.